The van der Waals surface area contributed by atoms with Gasteiger partial charge >= 0.3 is 0 Å². The second-order valence-electron chi connectivity index (χ2n) is 17.9. The van der Waals surface area contributed by atoms with E-state index in [1.54, 1.807) is 78.1 Å². The van der Waals surface area contributed by atoms with Crippen molar-refractivity contribution in [3.8, 4) is 57.3 Å². The molecule has 0 aliphatic rings. The minimum absolute atomic E-state index is 0. The van der Waals surface area contributed by atoms with E-state index in [-0.39, 0.29) is 24.5 Å². The first-order valence-electron chi connectivity index (χ1n) is 24.0. The molecule has 78 heavy (non-hydrogen) atoms. The highest BCUT2D eigenvalue weighted by Gasteiger charge is 2.23. The summed E-state index contributed by atoms with van der Waals surface area (Å²) in [6, 6.07) is 10.9. The van der Waals surface area contributed by atoms with Gasteiger partial charge in [-0.15, -0.1) is 0 Å². The monoisotopic (exact) mass is 1050 g/mol. The number of hydrogen-bond donors (Lipinski definition) is 5. The number of nitrogens with two attached hydrogens (primary N) is 4. The molecule has 11 rings (SSSR count). The Bertz CT molecular complexity index is 4140. The van der Waals surface area contributed by atoms with Crippen LogP contribution >= 0.6 is 0 Å². The fourth-order valence-electron chi connectivity index (χ4n) is 8.86. The van der Waals surface area contributed by atoms with Crippen molar-refractivity contribution in [2.75, 3.05) is 0 Å². The molecule has 0 radical (unpaired) electrons. The average molecular weight is 1050 g/mol. The molecule has 0 aliphatic carbocycles. The third kappa shape index (κ3) is 9.98. The molecule has 0 aliphatic heterocycles. The summed E-state index contributed by atoms with van der Waals surface area (Å²) in [5.41, 5.74) is 32.1. The maximum absolute atomic E-state index is 11.8. The van der Waals surface area contributed by atoms with Gasteiger partial charge in [-0.05, 0) is 63.2 Å². The smallest absolute Gasteiger partial charge is 0.267 e. The molecule has 11 aromatic heterocycles. The van der Waals surface area contributed by atoms with E-state index in [0.717, 1.165) is 80.5 Å². The van der Waals surface area contributed by atoms with E-state index < -0.39 is 17.7 Å². The lowest BCUT2D eigenvalue weighted by atomic mass is 10.2. The number of carbonyl (C=O) groups excluding carboxylic acids is 3. The van der Waals surface area contributed by atoms with E-state index in [9.17, 15) is 14.4 Å². The Balaban J connectivity index is 0.000000154. The van der Waals surface area contributed by atoms with E-state index in [1.165, 1.54) is 6.08 Å². The summed E-state index contributed by atoms with van der Waals surface area (Å²) in [4.78, 5) is 62.4. The molecule has 9 N–H and O–H groups in total. The van der Waals surface area contributed by atoms with Crippen molar-refractivity contribution in [3.05, 3.63) is 114 Å². The zero-order valence-electron chi connectivity index (χ0n) is 43.7. The summed E-state index contributed by atoms with van der Waals surface area (Å²) in [6.45, 7) is 7.54. The molecule has 0 saturated heterocycles. The van der Waals surface area contributed by atoms with Crippen LogP contribution in [0.1, 0.15) is 64.1 Å². The van der Waals surface area contributed by atoms with E-state index >= 15 is 0 Å². The van der Waals surface area contributed by atoms with Crippen LogP contribution in [-0.2, 0) is 55.4 Å². The SMILES string of the molecule is C.CCn1nc(C)cc1-c1cn(C)c(-c2nc(C(N)=O)cc3c2ccn3C)n1.CCn1nccc1-c1cn(C)c(-c2nc(C(N)=O)cc3c2cnn3C)n1.Cn1cc(/C(N)=C/C=N)nc1-c1nc(C(N)=O)cc2c1cnn2C. The van der Waals surface area contributed by atoms with Gasteiger partial charge in [0.2, 0.25) is 0 Å². The fourth-order valence-corrected chi connectivity index (χ4v) is 8.86. The van der Waals surface area contributed by atoms with Crippen LogP contribution in [0.3, 0.4) is 0 Å². The van der Waals surface area contributed by atoms with Crippen LogP contribution in [0.4, 0.5) is 0 Å². The number of aryl methyl sites for hydroxylation is 9. The summed E-state index contributed by atoms with van der Waals surface area (Å²) in [6.07, 6.45) is 15.2. The summed E-state index contributed by atoms with van der Waals surface area (Å²) in [5, 5.41) is 26.8. The number of nitrogens with one attached hydrogen (secondary N) is 1. The third-order valence-electron chi connectivity index (χ3n) is 12.7. The molecule has 11 aromatic rings. The number of fused-ring (bicyclic) bond motifs is 3. The quantitative estimate of drug-likeness (QED) is 0.104. The van der Waals surface area contributed by atoms with Gasteiger partial charge in [-0.3, -0.25) is 33.1 Å². The number of hydrogen-bond acceptors (Lipinski definition) is 15. The molecule has 0 aromatic carbocycles. The van der Waals surface area contributed by atoms with Crippen molar-refractivity contribution in [2.24, 2.45) is 65.2 Å². The molecule has 11 heterocycles. The Morgan fingerprint density at radius 1 is 0.551 bits per heavy atom. The maximum atomic E-state index is 11.8. The summed E-state index contributed by atoms with van der Waals surface area (Å²) in [7, 11) is 11.1. The van der Waals surface area contributed by atoms with Crippen LogP contribution in [0, 0.1) is 12.3 Å². The first-order valence-corrected chi connectivity index (χ1v) is 24.0. The van der Waals surface area contributed by atoms with Gasteiger partial charge in [0, 0.05) is 109 Å². The Morgan fingerprint density at radius 2 is 1.03 bits per heavy atom. The minimum atomic E-state index is -0.628. The third-order valence-corrected chi connectivity index (χ3v) is 12.7. The molecule has 0 bridgehead atoms. The fraction of sp³-hybridized carbons (Fsp3) is 0.231. The molecule has 26 heteroatoms. The maximum Gasteiger partial charge on any atom is 0.267 e. The highest BCUT2D eigenvalue weighted by atomic mass is 16.2. The molecule has 0 unspecified atom stereocenters. The largest absolute Gasteiger partial charge is 0.397 e. The predicted molar refractivity (Wildman–Crippen MR) is 296 cm³/mol. The summed E-state index contributed by atoms with van der Waals surface area (Å²) in [5.74, 6) is 0.0431. The van der Waals surface area contributed by atoms with Gasteiger partial charge in [-0.1, -0.05) is 7.43 Å². The van der Waals surface area contributed by atoms with Gasteiger partial charge in [0.05, 0.1) is 51.7 Å². The molecule has 400 valence electrons. The number of nitrogens with zero attached hydrogens (tertiary/aromatic N) is 18. The number of imidazole rings is 3. The van der Waals surface area contributed by atoms with E-state index in [4.69, 9.17) is 38.3 Å². The predicted octanol–water partition coefficient (Wildman–Crippen LogP) is 4.67. The highest BCUT2D eigenvalue weighted by molar-refractivity contribution is 6.01. The second-order valence-corrected chi connectivity index (χ2v) is 17.9. The number of amides is 3. The molecular formula is C52H59N23O3. The molecule has 3 amide bonds. The lowest BCUT2D eigenvalue weighted by Crippen LogP contribution is -2.14. The van der Waals surface area contributed by atoms with Gasteiger partial charge < -0.3 is 46.6 Å². The van der Waals surface area contributed by atoms with Gasteiger partial charge in [-0.25, -0.2) is 29.9 Å². The number of carbonyl (C=O) groups is 3. The first kappa shape index (κ1) is 53.9. The number of allylic oxidation sites excluding steroid dienone is 1. The van der Waals surface area contributed by atoms with Crippen LogP contribution in [0.2, 0.25) is 0 Å². The number of primary amides is 3. The number of aromatic nitrogens is 18. The van der Waals surface area contributed by atoms with Crippen molar-refractivity contribution < 1.29 is 14.4 Å². The van der Waals surface area contributed by atoms with Crippen molar-refractivity contribution in [1.82, 2.24) is 87.3 Å². The van der Waals surface area contributed by atoms with Crippen molar-refractivity contribution >= 4 is 62.3 Å². The normalized spacial score (nSPS) is 11.4. The van der Waals surface area contributed by atoms with Gasteiger partial charge in [0.15, 0.2) is 17.5 Å². The van der Waals surface area contributed by atoms with E-state index in [1.807, 2.05) is 102 Å². The average Bonchev–Trinajstić information content (AvgIpc) is 4.31. The van der Waals surface area contributed by atoms with Gasteiger partial charge in [0.25, 0.3) is 17.7 Å². The van der Waals surface area contributed by atoms with Gasteiger partial charge in [0.1, 0.15) is 51.2 Å². The Labute approximate surface area is 446 Å². The Kier molecular flexibility index (Phi) is 14.8. The van der Waals surface area contributed by atoms with Crippen LogP contribution < -0.4 is 22.9 Å². The standard InChI is InChI=1S/C19H21N7O.C17H18N8O.C15H16N8O.CH4/c1-5-26-16(8-11(2)23-26)14-10-25(4)19(22-14)17-12-6-7-24(3)15(12)9-13(21-17)18(20)27;1-4-25-13(5-6-19-25)12-9-23(2)17(22-12)15-10-8-20-24(3)14(10)7-11(21-15)16(18)26;1-22-7-11(9(17)3-4-16)21-15(22)13-8-6-19-23(2)12(8)5-10(20-13)14(18)24;/h6-10H,5H2,1-4H3,(H2,20,27);5-9H,4H2,1-3H3,(H2,18,26);3-7,16H,17H2,1-2H3,(H2,18,24);1H4/b;;9-3-,16-4?;. The van der Waals surface area contributed by atoms with Crippen molar-refractivity contribution in [1.29, 1.82) is 5.41 Å². The Morgan fingerprint density at radius 3 is 1.53 bits per heavy atom. The van der Waals surface area contributed by atoms with E-state index in [0.29, 0.717) is 45.9 Å². The lowest BCUT2D eigenvalue weighted by Gasteiger charge is -2.06. The minimum Gasteiger partial charge on any atom is -0.397 e. The van der Waals surface area contributed by atoms with E-state index in [2.05, 4.69) is 40.3 Å². The molecular weight excluding hydrogens is 995 g/mol. The number of pyridine rings is 3. The molecule has 0 fully saturated rings. The topological polar surface area (TPSA) is 347 Å². The zero-order valence-corrected chi connectivity index (χ0v) is 43.7. The second kappa shape index (κ2) is 21.4. The number of rotatable bonds is 12. The van der Waals surface area contributed by atoms with Crippen LogP contribution in [0.25, 0.3) is 95.7 Å². The zero-order chi connectivity index (χ0) is 55.1. The van der Waals surface area contributed by atoms with Gasteiger partial charge in [-0.2, -0.15) is 20.4 Å². The molecule has 0 atom stereocenters. The van der Waals surface area contributed by atoms with Crippen molar-refractivity contribution in [2.45, 2.75) is 41.3 Å². The van der Waals surface area contributed by atoms with Crippen LogP contribution in [-0.4, -0.2) is 111 Å². The van der Waals surface area contributed by atoms with Crippen LogP contribution in [0.15, 0.2) is 85.9 Å². The van der Waals surface area contributed by atoms with Crippen molar-refractivity contribution in [3.63, 3.8) is 0 Å². The Hall–Kier alpha value is -10.4. The molecule has 26 nitrogen and oxygen atoms in total. The highest BCUT2D eigenvalue weighted by Crippen LogP contribution is 2.32. The lowest BCUT2D eigenvalue weighted by molar-refractivity contribution is 0.0987. The first-order chi connectivity index (χ1) is 36.8. The molecule has 0 saturated carbocycles. The summed E-state index contributed by atoms with van der Waals surface area (Å²) < 4.78 is 14.6. The molecule has 0 spiro atoms. The summed E-state index contributed by atoms with van der Waals surface area (Å²) >= 11 is 0. The van der Waals surface area contributed by atoms with Crippen LogP contribution in [0.5, 0.6) is 0 Å².